The van der Waals surface area contributed by atoms with Crippen LogP contribution in [0.4, 0.5) is 0 Å². The molecular weight excluding hydrogens is 242 g/mol. The summed E-state index contributed by atoms with van der Waals surface area (Å²) in [5, 5.41) is 8.37. The minimum atomic E-state index is -1.09. The molecule has 2 amide bonds. The largest absolute Gasteiger partial charge is 0.480 e. The first-order valence-electron chi connectivity index (χ1n) is 5.30. The summed E-state index contributed by atoms with van der Waals surface area (Å²) in [5.74, 6) is -1.54. The minimum Gasteiger partial charge on any atom is -0.480 e. The molecule has 0 spiro atoms. The lowest BCUT2D eigenvalue weighted by Crippen LogP contribution is -2.43. The fourth-order valence-electron chi connectivity index (χ4n) is 1.70. The highest BCUT2D eigenvalue weighted by Gasteiger charge is 2.32. The normalized spacial score (nSPS) is 14.8. The monoisotopic (exact) mass is 253 g/mol. The summed E-state index contributed by atoms with van der Waals surface area (Å²) >= 11 is 0. The van der Waals surface area contributed by atoms with Crippen LogP contribution in [-0.4, -0.2) is 47.5 Å². The van der Waals surface area contributed by atoms with E-state index in [1.54, 1.807) is 0 Å². The maximum absolute atomic E-state index is 11.9. The SMILES string of the molecule is O=C(O)COCCN1C(=O)Cc2occc2C1=O. The number of aliphatic carboxylic acids is 1. The number of carbonyl (C=O) groups excluding carboxylic acids is 2. The molecule has 7 heteroatoms. The Hall–Kier alpha value is -2.15. The molecule has 1 aromatic rings. The van der Waals surface area contributed by atoms with E-state index in [1.807, 2.05) is 0 Å². The van der Waals surface area contributed by atoms with E-state index < -0.39 is 18.5 Å². The molecule has 0 unspecified atom stereocenters. The molecule has 0 aromatic carbocycles. The Morgan fingerprint density at radius 1 is 1.50 bits per heavy atom. The Bertz CT molecular complexity index is 491. The third-order valence-corrected chi connectivity index (χ3v) is 2.52. The van der Waals surface area contributed by atoms with Crippen molar-refractivity contribution in [3.8, 4) is 0 Å². The van der Waals surface area contributed by atoms with E-state index in [2.05, 4.69) is 0 Å². The van der Waals surface area contributed by atoms with Gasteiger partial charge in [-0.25, -0.2) is 4.79 Å². The number of hydrogen-bond donors (Lipinski definition) is 1. The minimum absolute atomic E-state index is 0.00301. The second-order valence-electron chi connectivity index (χ2n) is 3.73. The first kappa shape index (κ1) is 12.3. The Morgan fingerprint density at radius 2 is 2.28 bits per heavy atom. The first-order chi connectivity index (χ1) is 8.59. The molecule has 1 aliphatic heterocycles. The number of carbonyl (C=O) groups is 3. The number of amides is 2. The van der Waals surface area contributed by atoms with Crippen molar-refractivity contribution in [1.82, 2.24) is 4.90 Å². The van der Waals surface area contributed by atoms with Gasteiger partial charge in [0.2, 0.25) is 5.91 Å². The van der Waals surface area contributed by atoms with Crippen LogP contribution in [0.3, 0.4) is 0 Å². The number of carboxylic acid groups (broad SMARTS) is 1. The third-order valence-electron chi connectivity index (χ3n) is 2.52. The molecule has 96 valence electrons. The predicted octanol–water partition coefficient (Wildman–Crippen LogP) is -0.0943. The van der Waals surface area contributed by atoms with Crippen molar-refractivity contribution in [2.24, 2.45) is 0 Å². The molecule has 7 nitrogen and oxygen atoms in total. The van der Waals surface area contributed by atoms with E-state index in [1.165, 1.54) is 12.3 Å². The van der Waals surface area contributed by atoms with Gasteiger partial charge in [-0.1, -0.05) is 0 Å². The molecule has 0 atom stereocenters. The summed E-state index contributed by atoms with van der Waals surface area (Å²) in [6.07, 6.45) is 1.40. The molecule has 0 fully saturated rings. The zero-order chi connectivity index (χ0) is 13.1. The zero-order valence-electron chi connectivity index (χ0n) is 9.42. The van der Waals surface area contributed by atoms with Gasteiger partial charge in [0, 0.05) is 0 Å². The maximum Gasteiger partial charge on any atom is 0.329 e. The van der Waals surface area contributed by atoms with Crippen molar-refractivity contribution in [3.05, 3.63) is 23.7 Å². The van der Waals surface area contributed by atoms with Crippen LogP contribution in [0.1, 0.15) is 16.1 Å². The van der Waals surface area contributed by atoms with Crippen molar-refractivity contribution >= 4 is 17.8 Å². The van der Waals surface area contributed by atoms with Gasteiger partial charge in [0.1, 0.15) is 12.4 Å². The number of fused-ring (bicyclic) bond motifs is 1. The molecule has 0 radical (unpaired) electrons. The van der Waals surface area contributed by atoms with Crippen LogP contribution in [0.5, 0.6) is 0 Å². The molecule has 1 aromatic heterocycles. The van der Waals surface area contributed by atoms with Crippen molar-refractivity contribution in [3.63, 3.8) is 0 Å². The molecule has 18 heavy (non-hydrogen) atoms. The Kier molecular flexibility index (Phi) is 3.42. The van der Waals surface area contributed by atoms with Crippen molar-refractivity contribution in [2.75, 3.05) is 19.8 Å². The molecule has 0 saturated carbocycles. The maximum atomic E-state index is 11.9. The topological polar surface area (TPSA) is 97.1 Å². The average molecular weight is 253 g/mol. The van der Waals surface area contributed by atoms with Crippen LogP contribution in [-0.2, 0) is 20.7 Å². The van der Waals surface area contributed by atoms with E-state index in [-0.39, 0.29) is 25.5 Å². The summed E-state index contributed by atoms with van der Waals surface area (Å²) < 4.78 is 9.82. The number of carboxylic acids is 1. The molecule has 0 bridgehead atoms. The lowest BCUT2D eigenvalue weighted by atomic mass is 10.1. The molecule has 1 N–H and O–H groups in total. The van der Waals surface area contributed by atoms with Crippen LogP contribution < -0.4 is 0 Å². The Morgan fingerprint density at radius 3 is 3.00 bits per heavy atom. The van der Waals surface area contributed by atoms with E-state index in [9.17, 15) is 14.4 Å². The molecule has 0 aliphatic carbocycles. The molecular formula is C11H11NO6. The van der Waals surface area contributed by atoms with Gasteiger partial charge in [-0.2, -0.15) is 0 Å². The van der Waals surface area contributed by atoms with Gasteiger partial charge in [0.25, 0.3) is 5.91 Å². The highest BCUT2D eigenvalue weighted by atomic mass is 16.5. The molecule has 2 rings (SSSR count). The van der Waals surface area contributed by atoms with E-state index in [4.69, 9.17) is 14.3 Å². The molecule has 1 aliphatic rings. The van der Waals surface area contributed by atoms with Gasteiger partial charge in [0.15, 0.2) is 0 Å². The molecule has 2 heterocycles. The standard InChI is InChI=1S/C11H11NO6/c13-9-5-8-7(1-3-18-8)11(16)12(9)2-4-17-6-10(14)15/h1,3H,2,4-6H2,(H,14,15). The van der Waals surface area contributed by atoms with Gasteiger partial charge in [-0.05, 0) is 6.07 Å². The number of ether oxygens (including phenoxy) is 1. The van der Waals surface area contributed by atoms with Crippen LogP contribution in [0.15, 0.2) is 16.7 Å². The van der Waals surface area contributed by atoms with Gasteiger partial charge in [0.05, 0.1) is 31.4 Å². The van der Waals surface area contributed by atoms with Gasteiger partial charge >= 0.3 is 5.97 Å². The quantitative estimate of drug-likeness (QED) is 0.581. The van der Waals surface area contributed by atoms with E-state index in [0.29, 0.717) is 11.3 Å². The third kappa shape index (κ3) is 2.40. The predicted molar refractivity (Wildman–Crippen MR) is 56.9 cm³/mol. The van der Waals surface area contributed by atoms with Crippen LogP contribution >= 0.6 is 0 Å². The summed E-state index contributed by atoms with van der Waals surface area (Å²) in [4.78, 5) is 34.8. The summed E-state index contributed by atoms with van der Waals surface area (Å²) in [6, 6.07) is 1.51. The number of furan rings is 1. The summed E-state index contributed by atoms with van der Waals surface area (Å²) in [5.41, 5.74) is 0.368. The van der Waals surface area contributed by atoms with Crippen LogP contribution in [0.2, 0.25) is 0 Å². The fourth-order valence-corrected chi connectivity index (χ4v) is 1.70. The van der Waals surface area contributed by atoms with Crippen molar-refractivity contribution < 1.29 is 28.6 Å². The Balaban J connectivity index is 1.95. The Labute approximate surface area is 102 Å². The summed E-state index contributed by atoms with van der Waals surface area (Å²) in [7, 11) is 0. The number of hydrogen-bond acceptors (Lipinski definition) is 5. The lowest BCUT2D eigenvalue weighted by Gasteiger charge is -2.23. The van der Waals surface area contributed by atoms with E-state index >= 15 is 0 Å². The highest BCUT2D eigenvalue weighted by molar-refractivity contribution is 6.09. The van der Waals surface area contributed by atoms with Crippen LogP contribution in [0, 0.1) is 0 Å². The average Bonchev–Trinajstić information content (AvgIpc) is 2.75. The second kappa shape index (κ2) is 5.01. The van der Waals surface area contributed by atoms with Crippen molar-refractivity contribution in [2.45, 2.75) is 6.42 Å². The smallest absolute Gasteiger partial charge is 0.329 e. The zero-order valence-corrected chi connectivity index (χ0v) is 9.42. The van der Waals surface area contributed by atoms with Gasteiger partial charge in [-0.3, -0.25) is 14.5 Å². The first-order valence-corrected chi connectivity index (χ1v) is 5.30. The highest BCUT2D eigenvalue weighted by Crippen LogP contribution is 2.20. The van der Waals surface area contributed by atoms with E-state index in [0.717, 1.165) is 4.90 Å². The number of imide groups is 1. The molecule has 0 saturated heterocycles. The number of nitrogens with zero attached hydrogens (tertiary/aromatic N) is 1. The van der Waals surface area contributed by atoms with Gasteiger partial charge in [-0.15, -0.1) is 0 Å². The lowest BCUT2D eigenvalue weighted by molar-refractivity contribution is -0.142. The fraction of sp³-hybridized carbons (Fsp3) is 0.364. The second-order valence-corrected chi connectivity index (χ2v) is 3.73. The van der Waals surface area contributed by atoms with Crippen molar-refractivity contribution in [1.29, 1.82) is 0 Å². The van der Waals surface area contributed by atoms with Crippen LogP contribution in [0.25, 0.3) is 0 Å². The van der Waals surface area contributed by atoms with Gasteiger partial charge < -0.3 is 14.3 Å². The number of rotatable bonds is 5. The summed E-state index contributed by atoms with van der Waals surface area (Å²) in [6.45, 7) is -0.417.